The van der Waals surface area contributed by atoms with E-state index in [4.69, 9.17) is 5.11 Å². The average Bonchev–Trinajstić information content (AvgIpc) is 2.14. The van der Waals surface area contributed by atoms with Crippen LogP contribution in [0.15, 0.2) is 29.2 Å². The molecule has 14 heavy (non-hydrogen) atoms. The molecule has 0 heterocycles. The van der Waals surface area contributed by atoms with Crippen LogP contribution in [0.5, 0.6) is 0 Å². The van der Waals surface area contributed by atoms with Gasteiger partial charge in [0.2, 0.25) is 0 Å². The van der Waals surface area contributed by atoms with Crippen molar-refractivity contribution in [2.24, 2.45) is 0 Å². The number of hydrogen-bond donors (Lipinski definition) is 1. The largest absolute Gasteiger partial charge is 0.392 e. The Kier molecular flexibility index (Phi) is 4.35. The topological polar surface area (TPSA) is 20.2 Å². The van der Waals surface area contributed by atoms with Gasteiger partial charge >= 0.3 is 0 Å². The summed E-state index contributed by atoms with van der Waals surface area (Å²) < 4.78 is 0.243. The highest BCUT2D eigenvalue weighted by Gasteiger charge is 2.12. The third kappa shape index (κ3) is 3.95. The van der Waals surface area contributed by atoms with Gasteiger partial charge in [-0.2, -0.15) is 0 Å². The van der Waals surface area contributed by atoms with E-state index in [0.717, 1.165) is 10.5 Å². The lowest BCUT2D eigenvalue weighted by Crippen LogP contribution is -2.04. The lowest BCUT2D eigenvalue weighted by molar-refractivity contribution is 0.279. The normalized spacial score (nSPS) is 11.7. The Hall–Kier alpha value is -0.120. The maximum Gasteiger partial charge on any atom is 0.0693 e. The Morgan fingerprint density at radius 1 is 1.21 bits per heavy atom. The van der Waals surface area contributed by atoms with Gasteiger partial charge in [0.15, 0.2) is 0 Å². The van der Waals surface area contributed by atoms with E-state index in [2.05, 4.69) is 26.8 Å². The molecule has 0 saturated heterocycles. The Balaban J connectivity index is 2.67. The van der Waals surface area contributed by atoms with Crippen molar-refractivity contribution in [1.82, 2.24) is 0 Å². The standard InChI is InChI=1S/C11H16OS2/c1-11(2,3)14-13-10-7-5-4-6-9(10)8-12/h4-7,12H,8H2,1-3H3. The molecule has 1 N–H and O–H groups in total. The van der Waals surface area contributed by atoms with Crippen molar-refractivity contribution >= 4 is 21.6 Å². The van der Waals surface area contributed by atoms with Crippen LogP contribution >= 0.6 is 21.6 Å². The van der Waals surface area contributed by atoms with Crippen molar-refractivity contribution in [3.63, 3.8) is 0 Å². The summed E-state index contributed by atoms with van der Waals surface area (Å²) >= 11 is 0. The van der Waals surface area contributed by atoms with E-state index in [9.17, 15) is 0 Å². The van der Waals surface area contributed by atoms with E-state index >= 15 is 0 Å². The van der Waals surface area contributed by atoms with Crippen LogP contribution in [0, 0.1) is 0 Å². The van der Waals surface area contributed by atoms with Crippen molar-refractivity contribution in [1.29, 1.82) is 0 Å². The minimum Gasteiger partial charge on any atom is -0.392 e. The van der Waals surface area contributed by atoms with Gasteiger partial charge in [-0.15, -0.1) is 0 Å². The molecule has 1 rings (SSSR count). The van der Waals surface area contributed by atoms with Crippen LogP contribution in [0.25, 0.3) is 0 Å². The molecule has 3 heteroatoms. The van der Waals surface area contributed by atoms with Crippen molar-refractivity contribution in [2.75, 3.05) is 0 Å². The highest BCUT2D eigenvalue weighted by Crippen LogP contribution is 2.41. The second-order valence-electron chi connectivity index (χ2n) is 4.04. The monoisotopic (exact) mass is 228 g/mol. The minimum atomic E-state index is 0.119. The molecular weight excluding hydrogens is 212 g/mol. The molecular formula is C11H16OS2. The van der Waals surface area contributed by atoms with Crippen LogP contribution in [0.2, 0.25) is 0 Å². The maximum atomic E-state index is 9.13. The second kappa shape index (κ2) is 5.10. The summed E-state index contributed by atoms with van der Waals surface area (Å²) in [4.78, 5) is 1.16. The summed E-state index contributed by atoms with van der Waals surface area (Å²) in [5.74, 6) is 0. The third-order valence-electron chi connectivity index (χ3n) is 1.52. The third-order valence-corrected chi connectivity index (χ3v) is 4.97. The van der Waals surface area contributed by atoms with Crippen molar-refractivity contribution in [3.05, 3.63) is 29.8 Å². The molecule has 0 aliphatic heterocycles. The quantitative estimate of drug-likeness (QED) is 0.796. The first kappa shape index (κ1) is 12.0. The Morgan fingerprint density at radius 3 is 2.43 bits per heavy atom. The van der Waals surface area contributed by atoms with Crippen molar-refractivity contribution < 1.29 is 5.11 Å². The van der Waals surface area contributed by atoms with Gasteiger partial charge in [0.1, 0.15) is 0 Å². The van der Waals surface area contributed by atoms with Crippen LogP contribution in [-0.4, -0.2) is 9.85 Å². The molecule has 0 unspecified atom stereocenters. The molecule has 0 atom stereocenters. The van der Waals surface area contributed by atoms with E-state index in [-0.39, 0.29) is 11.4 Å². The number of rotatable bonds is 3. The Bertz CT molecular complexity index is 292. The summed E-state index contributed by atoms with van der Waals surface area (Å²) in [7, 11) is 3.56. The van der Waals surface area contributed by atoms with E-state index in [1.807, 2.05) is 29.0 Å². The fourth-order valence-corrected chi connectivity index (χ4v) is 3.11. The van der Waals surface area contributed by atoms with Crippen LogP contribution < -0.4 is 0 Å². The van der Waals surface area contributed by atoms with Crippen molar-refractivity contribution in [2.45, 2.75) is 37.0 Å². The summed E-state index contributed by atoms with van der Waals surface area (Å²) in [6.45, 7) is 6.68. The first-order chi connectivity index (χ1) is 6.53. The fraction of sp³-hybridized carbons (Fsp3) is 0.455. The van der Waals surface area contributed by atoms with Crippen molar-refractivity contribution in [3.8, 4) is 0 Å². The molecule has 0 radical (unpaired) electrons. The number of hydrogen-bond acceptors (Lipinski definition) is 3. The zero-order valence-corrected chi connectivity index (χ0v) is 10.4. The molecule has 0 bridgehead atoms. The highest BCUT2D eigenvalue weighted by molar-refractivity contribution is 8.77. The van der Waals surface area contributed by atoms with Gasteiger partial charge in [-0.05, 0) is 11.6 Å². The van der Waals surface area contributed by atoms with E-state index in [1.54, 1.807) is 10.8 Å². The van der Waals surface area contributed by atoms with Crippen LogP contribution in [0.1, 0.15) is 26.3 Å². The molecule has 0 aliphatic rings. The summed E-state index contributed by atoms with van der Waals surface area (Å²) in [6.07, 6.45) is 0. The lowest BCUT2D eigenvalue weighted by Gasteiger charge is -2.17. The summed E-state index contributed by atoms with van der Waals surface area (Å²) in [6, 6.07) is 7.97. The zero-order chi connectivity index (χ0) is 10.6. The van der Waals surface area contributed by atoms with Gasteiger partial charge in [0.25, 0.3) is 0 Å². The smallest absolute Gasteiger partial charge is 0.0693 e. The SMILES string of the molecule is CC(C)(C)SSc1ccccc1CO. The van der Waals surface area contributed by atoms with Gasteiger partial charge in [0, 0.05) is 9.64 Å². The molecule has 0 saturated carbocycles. The first-order valence-electron chi connectivity index (χ1n) is 4.57. The van der Waals surface area contributed by atoms with Gasteiger partial charge in [-0.3, -0.25) is 0 Å². The number of aliphatic hydroxyl groups excluding tert-OH is 1. The predicted molar refractivity (Wildman–Crippen MR) is 65.6 cm³/mol. The van der Waals surface area contributed by atoms with Crippen LogP contribution in [-0.2, 0) is 6.61 Å². The fourth-order valence-electron chi connectivity index (χ4n) is 0.886. The Morgan fingerprint density at radius 2 is 1.86 bits per heavy atom. The van der Waals surface area contributed by atoms with E-state index in [1.165, 1.54) is 0 Å². The molecule has 78 valence electrons. The first-order valence-corrected chi connectivity index (χ1v) is 6.72. The number of aliphatic hydroxyl groups is 1. The molecule has 0 aromatic heterocycles. The van der Waals surface area contributed by atoms with Gasteiger partial charge in [-0.1, -0.05) is 60.6 Å². The van der Waals surface area contributed by atoms with Gasteiger partial charge in [-0.25, -0.2) is 0 Å². The van der Waals surface area contributed by atoms with Gasteiger partial charge in [0.05, 0.1) is 6.61 Å². The second-order valence-corrected chi connectivity index (χ2v) is 7.04. The molecule has 1 aromatic carbocycles. The minimum absolute atomic E-state index is 0.119. The van der Waals surface area contributed by atoms with E-state index in [0.29, 0.717) is 0 Å². The molecule has 0 spiro atoms. The molecule has 0 fully saturated rings. The molecule has 1 nitrogen and oxygen atoms in total. The maximum absolute atomic E-state index is 9.13. The summed E-state index contributed by atoms with van der Waals surface area (Å²) in [5, 5.41) is 9.13. The molecule has 0 amide bonds. The van der Waals surface area contributed by atoms with Crippen LogP contribution in [0.4, 0.5) is 0 Å². The lowest BCUT2D eigenvalue weighted by atomic mass is 10.2. The van der Waals surface area contributed by atoms with Crippen LogP contribution in [0.3, 0.4) is 0 Å². The van der Waals surface area contributed by atoms with E-state index < -0.39 is 0 Å². The predicted octanol–water partition coefficient (Wildman–Crippen LogP) is 3.72. The molecule has 0 aliphatic carbocycles. The zero-order valence-electron chi connectivity index (χ0n) is 8.78. The summed E-state index contributed by atoms with van der Waals surface area (Å²) in [5.41, 5.74) is 1.01. The highest BCUT2D eigenvalue weighted by atomic mass is 33.1. The number of benzene rings is 1. The molecule has 1 aromatic rings. The average molecular weight is 228 g/mol. The Labute approximate surface area is 93.7 Å². The van der Waals surface area contributed by atoms with Gasteiger partial charge < -0.3 is 5.11 Å².